The molecule has 0 saturated carbocycles. The zero-order valence-electron chi connectivity index (χ0n) is 13.0. The number of rotatable bonds is 11. The lowest BCUT2D eigenvalue weighted by molar-refractivity contribution is 0.105. The standard InChI is InChI=1S/C16H27BrN2O2/c1-3-9-19(4-2)10-8-18-12-15(20)13-21-16-7-5-6-14(17)11-16/h5-7,11,15,18,20H,3-4,8-10,12-13H2,1-2H3. The van der Waals surface area contributed by atoms with Gasteiger partial charge in [-0.2, -0.15) is 0 Å². The Bertz CT molecular complexity index is 390. The minimum absolute atomic E-state index is 0.301. The molecule has 5 heteroatoms. The summed E-state index contributed by atoms with van der Waals surface area (Å²) in [4.78, 5) is 2.40. The summed E-state index contributed by atoms with van der Waals surface area (Å²) in [6, 6.07) is 7.64. The number of likely N-dealkylation sites (N-methyl/N-ethyl adjacent to an activating group) is 1. The van der Waals surface area contributed by atoms with Crippen LogP contribution in [0.1, 0.15) is 20.3 Å². The van der Waals surface area contributed by atoms with Gasteiger partial charge in [0, 0.05) is 24.1 Å². The Morgan fingerprint density at radius 3 is 2.81 bits per heavy atom. The molecule has 0 aliphatic rings. The second-order valence-corrected chi connectivity index (χ2v) is 5.98. The van der Waals surface area contributed by atoms with Gasteiger partial charge in [0.15, 0.2) is 0 Å². The van der Waals surface area contributed by atoms with Crippen molar-refractivity contribution < 1.29 is 9.84 Å². The molecule has 120 valence electrons. The van der Waals surface area contributed by atoms with Gasteiger partial charge in [-0.25, -0.2) is 0 Å². The fourth-order valence-corrected chi connectivity index (χ4v) is 2.44. The van der Waals surface area contributed by atoms with Crippen molar-refractivity contribution in [2.45, 2.75) is 26.4 Å². The second kappa shape index (κ2) is 11.0. The highest BCUT2D eigenvalue weighted by Crippen LogP contribution is 2.17. The SMILES string of the molecule is CCCN(CC)CCNCC(O)COc1cccc(Br)c1. The minimum atomic E-state index is -0.495. The Balaban J connectivity index is 2.12. The molecule has 0 spiro atoms. The summed E-state index contributed by atoms with van der Waals surface area (Å²) >= 11 is 3.39. The van der Waals surface area contributed by atoms with Gasteiger partial charge in [-0.3, -0.25) is 0 Å². The predicted octanol–water partition coefficient (Wildman–Crippen LogP) is 2.51. The van der Waals surface area contributed by atoms with Crippen LogP contribution in [0.15, 0.2) is 28.7 Å². The van der Waals surface area contributed by atoms with Crippen LogP contribution in [0.4, 0.5) is 0 Å². The molecule has 1 unspecified atom stereocenters. The molecular weight excluding hydrogens is 332 g/mol. The lowest BCUT2D eigenvalue weighted by atomic mass is 10.3. The van der Waals surface area contributed by atoms with E-state index in [9.17, 15) is 5.11 Å². The summed E-state index contributed by atoms with van der Waals surface area (Å²) in [6.45, 7) is 9.34. The molecule has 0 aliphatic heterocycles. The van der Waals surface area contributed by atoms with Crippen molar-refractivity contribution in [1.29, 1.82) is 0 Å². The van der Waals surface area contributed by atoms with Crippen LogP contribution in [0.2, 0.25) is 0 Å². The van der Waals surface area contributed by atoms with Crippen LogP contribution in [0, 0.1) is 0 Å². The van der Waals surface area contributed by atoms with Crippen molar-refractivity contribution in [3.05, 3.63) is 28.7 Å². The lowest BCUT2D eigenvalue weighted by Crippen LogP contribution is -2.37. The molecule has 2 N–H and O–H groups in total. The minimum Gasteiger partial charge on any atom is -0.491 e. The number of aliphatic hydroxyl groups excluding tert-OH is 1. The molecule has 0 bridgehead atoms. The van der Waals surface area contributed by atoms with E-state index < -0.39 is 6.10 Å². The molecule has 0 aromatic heterocycles. The van der Waals surface area contributed by atoms with Gasteiger partial charge >= 0.3 is 0 Å². The predicted molar refractivity (Wildman–Crippen MR) is 90.9 cm³/mol. The first-order valence-electron chi connectivity index (χ1n) is 7.65. The van der Waals surface area contributed by atoms with Gasteiger partial charge in [0.2, 0.25) is 0 Å². The number of hydrogen-bond donors (Lipinski definition) is 2. The topological polar surface area (TPSA) is 44.7 Å². The first-order chi connectivity index (χ1) is 10.2. The van der Waals surface area contributed by atoms with E-state index in [0.717, 1.165) is 36.4 Å². The summed E-state index contributed by atoms with van der Waals surface area (Å²) in [7, 11) is 0. The number of nitrogens with one attached hydrogen (secondary N) is 1. The first-order valence-corrected chi connectivity index (χ1v) is 8.44. The highest BCUT2D eigenvalue weighted by molar-refractivity contribution is 9.10. The normalized spacial score (nSPS) is 12.6. The van der Waals surface area contributed by atoms with Crippen LogP contribution in [-0.4, -0.2) is 55.4 Å². The molecule has 1 aromatic rings. The molecule has 21 heavy (non-hydrogen) atoms. The van der Waals surface area contributed by atoms with E-state index in [1.807, 2.05) is 24.3 Å². The number of nitrogens with zero attached hydrogens (tertiary/aromatic N) is 1. The molecule has 0 fully saturated rings. The largest absolute Gasteiger partial charge is 0.491 e. The van der Waals surface area contributed by atoms with Gasteiger partial charge in [0.1, 0.15) is 18.5 Å². The van der Waals surface area contributed by atoms with Crippen molar-refractivity contribution >= 4 is 15.9 Å². The van der Waals surface area contributed by atoms with E-state index in [1.165, 1.54) is 6.42 Å². The third-order valence-electron chi connectivity index (χ3n) is 3.21. The highest BCUT2D eigenvalue weighted by Gasteiger charge is 2.06. The van der Waals surface area contributed by atoms with E-state index in [1.54, 1.807) is 0 Å². The number of ether oxygens (including phenoxy) is 1. The number of halogens is 1. The van der Waals surface area contributed by atoms with Crippen molar-refractivity contribution in [3.63, 3.8) is 0 Å². The Labute approximate surface area is 136 Å². The van der Waals surface area contributed by atoms with Gasteiger partial charge in [0.05, 0.1) is 0 Å². The summed E-state index contributed by atoms with van der Waals surface area (Å²) in [5.41, 5.74) is 0. The maximum atomic E-state index is 9.89. The van der Waals surface area contributed by atoms with Crippen molar-refractivity contribution in [1.82, 2.24) is 10.2 Å². The van der Waals surface area contributed by atoms with Crippen LogP contribution < -0.4 is 10.1 Å². The van der Waals surface area contributed by atoms with Crippen LogP contribution in [0.3, 0.4) is 0 Å². The highest BCUT2D eigenvalue weighted by atomic mass is 79.9. The van der Waals surface area contributed by atoms with Crippen LogP contribution in [0.25, 0.3) is 0 Å². The zero-order valence-corrected chi connectivity index (χ0v) is 14.6. The summed E-state index contributed by atoms with van der Waals surface area (Å²) in [5, 5.41) is 13.2. The Hall–Kier alpha value is -0.620. The van der Waals surface area contributed by atoms with Crippen molar-refractivity contribution in [3.8, 4) is 5.75 Å². The maximum Gasteiger partial charge on any atom is 0.120 e. The zero-order chi connectivity index (χ0) is 15.5. The van der Waals surface area contributed by atoms with Gasteiger partial charge in [0.25, 0.3) is 0 Å². The van der Waals surface area contributed by atoms with E-state index in [4.69, 9.17) is 4.74 Å². The number of benzene rings is 1. The average molecular weight is 359 g/mol. The van der Waals surface area contributed by atoms with Crippen molar-refractivity contribution in [2.24, 2.45) is 0 Å². The van der Waals surface area contributed by atoms with Gasteiger partial charge < -0.3 is 20.1 Å². The number of hydrogen-bond acceptors (Lipinski definition) is 4. The maximum absolute atomic E-state index is 9.89. The molecule has 0 aliphatic carbocycles. The van der Waals surface area contributed by atoms with Crippen molar-refractivity contribution in [2.75, 3.05) is 39.3 Å². The lowest BCUT2D eigenvalue weighted by Gasteiger charge is -2.20. The van der Waals surface area contributed by atoms with Gasteiger partial charge in [-0.1, -0.05) is 35.8 Å². The van der Waals surface area contributed by atoms with Crippen LogP contribution in [0.5, 0.6) is 5.75 Å². The average Bonchev–Trinajstić information content (AvgIpc) is 2.48. The molecule has 0 amide bonds. The summed E-state index contributed by atoms with van der Waals surface area (Å²) in [6.07, 6.45) is 0.682. The Kier molecular flexibility index (Phi) is 9.67. The third-order valence-corrected chi connectivity index (χ3v) is 3.70. The molecule has 0 saturated heterocycles. The second-order valence-electron chi connectivity index (χ2n) is 5.06. The molecule has 4 nitrogen and oxygen atoms in total. The fourth-order valence-electron chi connectivity index (χ4n) is 2.06. The molecule has 1 aromatic carbocycles. The molecule has 0 heterocycles. The fraction of sp³-hybridized carbons (Fsp3) is 0.625. The van der Waals surface area contributed by atoms with Gasteiger partial charge in [-0.15, -0.1) is 0 Å². The van der Waals surface area contributed by atoms with Crippen LogP contribution >= 0.6 is 15.9 Å². The Morgan fingerprint density at radius 2 is 2.14 bits per heavy atom. The Morgan fingerprint density at radius 1 is 1.33 bits per heavy atom. The monoisotopic (exact) mass is 358 g/mol. The first kappa shape index (κ1) is 18.4. The van der Waals surface area contributed by atoms with E-state index in [2.05, 4.69) is 40.0 Å². The third kappa shape index (κ3) is 8.41. The quantitative estimate of drug-likeness (QED) is 0.596. The summed E-state index contributed by atoms with van der Waals surface area (Å²) in [5.74, 6) is 0.767. The molecule has 1 rings (SSSR count). The number of aliphatic hydroxyl groups is 1. The van der Waals surface area contributed by atoms with E-state index >= 15 is 0 Å². The van der Waals surface area contributed by atoms with E-state index in [-0.39, 0.29) is 0 Å². The molecular formula is C16H27BrN2O2. The molecule has 1 atom stereocenters. The smallest absolute Gasteiger partial charge is 0.120 e. The van der Waals surface area contributed by atoms with Gasteiger partial charge in [-0.05, 0) is 37.7 Å². The molecule has 0 radical (unpaired) electrons. The van der Waals surface area contributed by atoms with E-state index in [0.29, 0.717) is 13.2 Å². The summed E-state index contributed by atoms with van der Waals surface area (Å²) < 4.78 is 6.53. The van der Waals surface area contributed by atoms with Crippen LogP contribution in [-0.2, 0) is 0 Å².